The molecule has 0 aliphatic carbocycles. The van der Waals surface area contributed by atoms with Crippen LogP contribution in [0.2, 0.25) is 0 Å². The van der Waals surface area contributed by atoms with Crippen LogP contribution in [0.5, 0.6) is 0 Å². The first-order chi connectivity index (χ1) is 12.6. The standard InChI is InChI=1S/C21H25NO4/c1-3-4-5-11-25-20(24)17-16-9-10-21(26-16)13-22(19(23)18(17)21)15-8-6-7-14(2)12-15/h6-10,12,16-18H,3-5,11,13H2,1-2H3. The Morgan fingerprint density at radius 2 is 2.23 bits per heavy atom. The predicted octanol–water partition coefficient (Wildman–Crippen LogP) is 3.01. The molecule has 5 nitrogen and oxygen atoms in total. The maximum Gasteiger partial charge on any atom is 0.312 e. The summed E-state index contributed by atoms with van der Waals surface area (Å²) in [6.45, 7) is 4.97. The van der Waals surface area contributed by atoms with Crippen LogP contribution in [0.15, 0.2) is 36.4 Å². The Morgan fingerprint density at radius 3 is 3.00 bits per heavy atom. The molecule has 2 fully saturated rings. The lowest BCUT2D eigenvalue weighted by molar-refractivity contribution is -0.152. The van der Waals surface area contributed by atoms with Crippen LogP contribution in [-0.2, 0) is 19.1 Å². The van der Waals surface area contributed by atoms with Gasteiger partial charge in [0.2, 0.25) is 5.91 Å². The molecule has 2 bridgehead atoms. The van der Waals surface area contributed by atoms with Gasteiger partial charge in [0.25, 0.3) is 0 Å². The lowest BCUT2D eigenvalue weighted by Crippen LogP contribution is -2.40. The Morgan fingerprint density at radius 1 is 1.38 bits per heavy atom. The molecule has 1 amide bonds. The number of carbonyl (C=O) groups excluding carboxylic acids is 2. The van der Waals surface area contributed by atoms with Crippen LogP contribution in [0.4, 0.5) is 5.69 Å². The fourth-order valence-electron chi connectivity index (χ4n) is 4.40. The van der Waals surface area contributed by atoms with Crippen molar-refractivity contribution in [3.05, 3.63) is 42.0 Å². The largest absolute Gasteiger partial charge is 0.465 e. The van der Waals surface area contributed by atoms with Crippen molar-refractivity contribution in [2.75, 3.05) is 18.1 Å². The molecule has 5 heteroatoms. The molecule has 2 saturated heterocycles. The molecule has 4 atom stereocenters. The lowest BCUT2D eigenvalue weighted by Gasteiger charge is -2.22. The molecule has 1 spiro atoms. The Balaban J connectivity index is 1.55. The van der Waals surface area contributed by atoms with Crippen LogP contribution in [0.1, 0.15) is 31.7 Å². The van der Waals surface area contributed by atoms with Crippen molar-refractivity contribution in [1.29, 1.82) is 0 Å². The number of ether oxygens (including phenoxy) is 2. The van der Waals surface area contributed by atoms with Gasteiger partial charge in [-0.05, 0) is 31.0 Å². The molecule has 3 aliphatic heterocycles. The highest BCUT2D eigenvalue weighted by Gasteiger charge is 2.67. The summed E-state index contributed by atoms with van der Waals surface area (Å²) < 4.78 is 11.6. The average Bonchev–Trinajstić information content (AvgIpc) is 3.27. The highest BCUT2D eigenvalue weighted by molar-refractivity contribution is 6.02. The van der Waals surface area contributed by atoms with Crippen LogP contribution in [0, 0.1) is 18.8 Å². The van der Waals surface area contributed by atoms with E-state index in [4.69, 9.17) is 9.47 Å². The van der Waals surface area contributed by atoms with Gasteiger partial charge in [-0.25, -0.2) is 0 Å². The van der Waals surface area contributed by atoms with Crippen molar-refractivity contribution in [3.63, 3.8) is 0 Å². The Bertz CT molecular complexity index is 758. The minimum absolute atomic E-state index is 0.0436. The van der Waals surface area contributed by atoms with Gasteiger partial charge in [-0.1, -0.05) is 44.1 Å². The maximum absolute atomic E-state index is 13.2. The fourth-order valence-corrected chi connectivity index (χ4v) is 4.40. The Kier molecular flexibility index (Phi) is 4.35. The van der Waals surface area contributed by atoms with Gasteiger partial charge in [0.15, 0.2) is 0 Å². The number of aryl methyl sites for hydroxylation is 1. The van der Waals surface area contributed by atoms with E-state index in [-0.39, 0.29) is 18.0 Å². The van der Waals surface area contributed by atoms with E-state index in [0.29, 0.717) is 13.2 Å². The molecule has 3 heterocycles. The number of benzene rings is 1. The summed E-state index contributed by atoms with van der Waals surface area (Å²) >= 11 is 0. The number of unbranched alkanes of at least 4 members (excludes halogenated alkanes) is 2. The summed E-state index contributed by atoms with van der Waals surface area (Å²) in [6.07, 6.45) is 6.51. The van der Waals surface area contributed by atoms with E-state index in [0.717, 1.165) is 30.5 Å². The number of hydrogen-bond acceptors (Lipinski definition) is 4. The van der Waals surface area contributed by atoms with Crippen molar-refractivity contribution in [2.45, 2.75) is 44.8 Å². The monoisotopic (exact) mass is 355 g/mol. The second-order valence-corrected chi connectivity index (χ2v) is 7.54. The van der Waals surface area contributed by atoms with Crippen molar-refractivity contribution in [2.24, 2.45) is 11.8 Å². The molecule has 4 unspecified atom stereocenters. The molecular weight excluding hydrogens is 330 g/mol. The minimum atomic E-state index is -0.696. The van der Waals surface area contributed by atoms with E-state index in [9.17, 15) is 9.59 Å². The number of hydrogen-bond donors (Lipinski definition) is 0. The summed E-state index contributed by atoms with van der Waals surface area (Å²) in [5.41, 5.74) is 1.25. The normalized spacial score (nSPS) is 31.5. The summed E-state index contributed by atoms with van der Waals surface area (Å²) in [5, 5.41) is 0. The third-order valence-electron chi connectivity index (χ3n) is 5.68. The Hall–Kier alpha value is -2.14. The van der Waals surface area contributed by atoms with E-state index in [2.05, 4.69) is 6.92 Å². The summed E-state index contributed by atoms with van der Waals surface area (Å²) in [6, 6.07) is 7.86. The van der Waals surface area contributed by atoms with Crippen LogP contribution in [0.3, 0.4) is 0 Å². The number of rotatable bonds is 6. The van der Waals surface area contributed by atoms with Crippen LogP contribution in [0.25, 0.3) is 0 Å². The zero-order valence-electron chi connectivity index (χ0n) is 15.3. The predicted molar refractivity (Wildman–Crippen MR) is 97.7 cm³/mol. The quantitative estimate of drug-likeness (QED) is 0.447. The number of nitrogens with zero attached hydrogens (tertiary/aromatic N) is 1. The SMILES string of the molecule is CCCCCOC(=O)C1C2C=CC3(CN(c4cccc(C)c4)C(=O)C13)O2. The average molecular weight is 355 g/mol. The van der Waals surface area contributed by atoms with Crippen LogP contribution >= 0.6 is 0 Å². The molecule has 0 aromatic heterocycles. The molecule has 0 radical (unpaired) electrons. The Labute approximate surface area is 154 Å². The minimum Gasteiger partial charge on any atom is -0.465 e. The van der Waals surface area contributed by atoms with Gasteiger partial charge in [-0.3, -0.25) is 9.59 Å². The third kappa shape index (κ3) is 2.65. The second kappa shape index (κ2) is 6.54. The lowest BCUT2D eigenvalue weighted by atomic mass is 9.77. The first kappa shape index (κ1) is 17.3. The molecular formula is C21H25NO4. The molecule has 3 aliphatic rings. The zero-order chi connectivity index (χ0) is 18.3. The van der Waals surface area contributed by atoms with Gasteiger partial charge >= 0.3 is 5.97 Å². The van der Waals surface area contributed by atoms with Gasteiger partial charge in [0, 0.05) is 5.69 Å². The molecule has 0 N–H and O–H groups in total. The zero-order valence-corrected chi connectivity index (χ0v) is 15.3. The van der Waals surface area contributed by atoms with E-state index >= 15 is 0 Å². The smallest absolute Gasteiger partial charge is 0.312 e. The number of fused-ring (bicyclic) bond motifs is 1. The molecule has 1 aromatic rings. The van der Waals surface area contributed by atoms with Gasteiger partial charge in [0.05, 0.1) is 25.2 Å². The second-order valence-electron chi connectivity index (χ2n) is 7.54. The van der Waals surface area contributed by atoms with Crippen molar-refractivity contribution < 1.29 is 19.1 Å². The van der Waals surface area contributed by atoms with Gasteiger partial charge in [-0.15, -0.1) is 0 Å². The van der Waals surface area contributed by atoms with E-state index in [1.54, 1.807) is 4.90 Å². The number of amides is 1. The first-order valence-corrected chi connectivity index (χ1v) is 9.47. The molecule has 1 aromatic carbocycles. The van der Waals surface area contributed by atoms with E-state index in [1.165, 1.54) is 0 Å². The molecule has 0 saturated carbocycles. The summed E-state index contributed by atoms with van der Waals surface area (Å²) in [5.74, 6) is -1.37. The van der Waals surface area contributed by atoms with E-state index < -0.39 is 17.4 Å². The molecule has 138 valence electrons. The highest BCUT2D eigenvalue weighted by atomic mass is 16.6. The van der Waals surface area contributed by atoms with Crippen molar-refractivity contribution in [3.8, 4) is 0 Å². The summed E-state index contributed by atoms with van der Waals surface area (Å²) in [4.78, 5) is 27.6. The number of carbonyl (C=O) groups is 2. The molecule has 4 rings (SSSR count). The van der Waals surface area contributed by atoms with Crippen molar-refractivity contribution in [1.82, 2.24) is 0 Å². The van der Waals surface area contributed by atoms with Crippen LogP contribution < -0.4 is 4.90 Å². The summed E-state index contributed by atoms with van der Waals surface area (Å²) in [7, 11) is 0. The third-order valence-corrected chi connectivity index (χ3v) is 5.68. The molecule has 26 heavy (non-hydrogen) atoms. The van der Waals surface area contributed by atoms with Gasteiger partial charge in [0.1, 0.15) is 11.5 Å². The first-order valence-electron chi connectivity index (χ1n) is 9.47. The van der Waals surface area contributed by atoms with Gasteiger partial charge < -0.3 is 14.4 Å². The van der Waals surface area contributed by atoms with Crippen LogP contribution in [-0.4, -0.2) is 36.7 Å². The topological polar surface area (TPSA) is 55.8 Å². The highest BCUT2D eigenvalue weighted by Crippen LogP contribution is 2.52. The number of anilines is 1. The van der Waals surface area contributed by atoms with Crippen molar-refractivity contribution >= 4 is 17.6 Å². The van der Waals surface area contributed by atoms with E-state index in [1.807, 2.05) is 43.3 Å². The maximum atomic E-state index is 13.2. The number of esters is 1. The van der Waals surface area contributed by atoms with Gasteiger partial charge in [-0.2, -0.15) is 0 Å². The fraction of sp³-hybridized carbons (Fsp3) is 0.524.